The standard InChI is InChI=1S/C38H42BrN3O4S/c1-28-16-22-35(23-17-28)47(45,46)42(34-20-18-32(39)19-21-34)27-37(43)41(26-31-13-9-10-29(2)24-31)36(25-30-11-5-3-6-12-30)38(44)40-33-14-7-4-8-15-33/h3,5-6,9-13,16-24,33,36H,4,7-8,14-15,25-27H2,1-2H3,(H,40,44)/t36-/m0/s1. The lowest BCUT2D eigenvalue weighted by Gasteiger charge is -2.35. The van der Waals surface area contributed by atoms with Crippen molar-refractivity contribution in [3.8, 4) is 0 Å². The first-order valence-electron chi connectivity index (χ1n) is 16.1. The maximum Gasteiger partial charge on any atom is 0.264 e. The third-order valence-corrected chi connectivity index (χ3v) is 11.0. The van der Waals surface area contributed by atoms with E-state index in [0.29, 0.717) is 12.1 Å². The highest BCUT2D eigenvalue weighted by Crippen LogP contribution is 2.27. The Morgan fingerprint density at radius 3 is 2.13 bits per heavy atom. The zero-order valence-corrected chi connectivity index (χ0v) is 29.3. The number of hydrogen-bond donors (Lipinski definition) is 1. The monoisotopic (exact) mass is 715 g/mol. The fourth-order valence-corrected chi connectivity index (χ4v) is 7.76. The van der Waals surface area contributed by atoms with E-state index in [1.807, 2.05) is 68.4 Å². The second-order valence-corrected chi connectivity index (χ2v) is 15.1. The van der Waals surface area contributed by atoms with Gasteiger partial charge in [-0.1, -0.05) is 113 Å². The summed E-state index contributed by atoms with van der Waals surface area (Å²) in [5, 5.41) is 3.25. The van der Waals surface area contributed by atoms with Gasteiger partial charge in [-0.15, -0.1) is 0 Å². The van der Waals surface area contributed by atoms with Crippen molar-refractivity contribution in [1.29, 1.82) is 0 Å². The topological polar surface area (TPSA) is 86.8 Å². The molecule has 1 fully saturated rings. The molecule has 4 aromatic carbocycles. The molecule has 1 saturated carbocycles. The lowest BCUT2D eigenvalue weighted by molar-refractivity contribution is -0.140. The minimum atomic E-state index is -4.15. The average molecular weight is 717 g/mol. The smallest absolute Gasteiger partial charge is 0.264 e. The molecule has 0 aromatic heterocycles. The van der Waals surface area contributed by atoms with Crippen molar-refractivity contribution in [2.24, 2.45) is 0 Å². The van der Waals surface area contributed by atoms with Gasteiger partial charge in [-0.05, 0) is 74.2 Å². The molecule has 1 N–H and O–H groups in total. The van der Waals surface area contributed by atoms with Gasteiger partial charge in [-0.25, -0.2) is 8.42 Å². The summed E-state index contributed by atoms with van der Waals surface area (Å²) in [6, 6.07) is 30.1. The number of hydrogen-bond acceptors (Lipinski definition) is 4. The molecule has 0 unspecified atom stereocenters. The number of aryl methyl sites for hydroxylation is 2. The summed E-state index contributed by atoms with van der Waals surface area (Å²) in [6.45, 7) is 3.54. The maximum atomic E-state index is 14.7. The Hall–Kier alpha value is -3.95. The molecule has 0 heterocycles. The van der Waals surface area contributed by atoms with Gasteiger partial charge in [-0.2, -0.15) is 0 Å². The zero-order chi connectivity index (χ0) is 33.4. The highest BCUT2D eigenvalue weighted by Gasteiger charge is 2.35. The first-order valence-corrected chi connectivity index (χ1v) is 18.4. The molecule has 1 aliphatic carbocycles. The van der Waals surface area contributed by atoms with E-state index in [9.17, 15) is 18.0 Å². The van der Waals surface area contributed by atoms with Crippen LogP contribution in [-0.4, -0.2) is 43.8 Å². The van der Waals surface area contributed by atoms with Crippen LogP contribution in [0, 0.1) is 13.8 Å². The lowest BCUT2D eigenvalue weighted by atomic mass is 9.94. The quantitative estimate of drug-likeness (QED) is 0.166. The summed E-state index contributed by atoms with van der Waals surface area (Å²) in [5.74, 6) is -0.692. The van der Waals surface area contributed by atoms with E-state index in [-0.39, 0.29) is 23.4 Å². The van der Waals surface area contributed by atoms with E-state index >= 15 is 0 Å². The van der Waals surface area contributed by atoms with Crippen molar-refractivity contribution >= 4 is 43.5 Å². The number of nitrogens with one attached hydrogen (secondary N) is 1. The van der Waals surface area contributed by atoms with Crippen LogP contribution in [0.25, 0.3) is 0 Å². The Balaban J connectivity index is 1.56. The Kier molecular flexibility index (Phi) is 11.5. The zero-order valence-electron chi connectivity index (χ0n) is 26.9. The van der Waals surface area contributed by atoms with E-state index in [1.54, 1.807) is 53.4 Å². The lowest BCUT2D eigenvalue weighted by Crippen LogP contribution is -2.55. The average Bonchev–Trinajstić information content (AvgIpc) is 3.06. The number of sulfonamides is 1. The van der Waals surface area contributed by atoms with Crippen LogP contribution in [0.3, 0.4) is 0 Å². The van der Waals surface area contributed by atoms with E-state index in [1.165, 1.54) is 0 Å². The van der Waals surface area contributed by atoms with E-state index < -0.39 is 28.5 Å². The van der Waals surface area contributed by atoms with Gasteiger partial charge in [0.15, 0.2) is 0 Å². The van der Waals surface area contributed by atoms with E-state index in [0.717, 1.165) is 63.1 Å². The molecular weight excluding hydrogens is 674 g/mol. The number of carbonyl (C=O) groups excluding carboxylic acids is 2. The van der Waals surface area contributed by atoms with Gasteiger partial charge in [0.25, 0.3) is 10.0 Å². The van der Waals surface area contributed by atoms with Crippen LogP contribution < -0.4 is 9.62 Å². The number of benzene rings is 4. The van der Waals surface area contributed by atoms with Crippen LogP contribution in [0.2, 0.25) is 0 Å². The normalized spacial score (nSPS) is 14.3. The molecule has 9 heteroatoms. The van der Waals surface area contributed by atoms with Crippen molar-refractivity contribution < 1.29 is 18.0 Å². The molecule has 0 saturated heterocycles. The molecular formula is C38H42BrN3O4S. The molecule has 5 rings (SSSR count). The van der Waals surface area contributed by atoms with Gasteiger partial charge < -0.3 is 10.2 Å². The second-order valence-electron chi connectivity index (χ2n) is 12.4. The SMILES string of the molecule is Cc1ccc(S(=O)(=O)N(CC(=O)N(Cc2cccc(C)c2)[C@@H](Cc2ccccc2)C(=O)NC2CCCCC2)c2ccc(Br)cc2)cc1. The van der Waals surface area contributed by atoms with Crippen LogP contribution >= 0.6 is 15.9 Å². The van der Waals surface area contributed by atoms with Crippen LogP contribution in [0.15, 0.2) is 112 Å². The molecule has 246 valence electrons. The summed E-state index contributed by atoms with van der Waals surface area (Å²) in [4.78, 5) is 30.5. The molecule has 1 aliphatic rings. The van der Waals surface area contributed by atoms with Gasteiger partial charge in [0.1, 0.15) is 12.6 Å². The molecule has 0 radical (unpaired) electrons. The Morgan fingerprint density at radius 2 is 1.47 bits per heavy atom. The maximum absolute atomic E-state index is 14.7. The summed E-state index contributed by atoms with van der Waals surface area (Å²) < 4.78 is 30.4. The van der Waals surface area contributed by atoms with Crippen molar-refractivity contribution in [2.75, 3.05) is 10.8 Å². The summed E-state index contributed by atoms with van der Waals surface area (Å²) in [6.07, 6.45) is 5.36. The highest BCUT2D eigenvalue weighted by molar-refractivity contribution is 9.10. The number of anilines is 1. The van der Waals surface area contributed by atoms with Gasteiger partial charge in [-0.3, -0.25) is 13.9 Å². The molecule has 0 aliphatic heterocycles. The molecule has 2 amide bonds. The summed E-state index contributed by atoms with van der Waals surface area (Å²) >= 11 is 3.43. The number of carbonyl (C=O) groups is 2. The molecule has 1 atom stereocenters. The first kappa shape index (κ1) is 34.4. The third kappa shape index (κ3) is 9.11. The van der Waals surface area contributed by atoms with Gasteiger partial charge in [0.05, 0.1) is 10.6 Å². The van der Waals surface area contributed by atoms with Gasteiger partial charge in [0.2, 0.25) is 11.8 Å². The van der Waals surface area contributed by atoms with Crippen LogP contribution in [0.5, 0.6) is 0 Å². The predicted octanol–water partition coefficient (Wildman–Crippen LogP) is 7.35. The van der Waals surface area contributed by atoms with Crippen molar-refractivity contribution in [1.82, 2.24) is 10.2 Å². The summed E-state index contributed by atoms with van der Waals surface area (Å²) in [7, 11) is -4.15. The molecule has 4 aromatic rings. The van der Waals surface area contributed by atoms with E-state index in [4.69, 9.17) is 0 Å². The third-order valence-electron chi connectivity index (χ3n) is 8.66. The fourth-order valence-electron chi connectivity index (χ4n) is 6.08. The highest BCUT2D eigenvalue weighted by atomic mass is 79.9. The van der Waals surface area contributed by atoms with Crippen molar-refractivity contribution in [2.45, 2.75) is 75.9 Å². The minimum absolute atomic E-state index is 0.0478. The molecule has 47 heavy (non-hydrogen) atoms. The predicted molar refractivity (Wildman–Crippen MR) is 191 cm³/mol. The number of nitrogens with zero attached hydrogens (tertiary/aromatic N) is 2. The Bertz CT molecular complexity index is 1760. The van der Waals surface area contributed by atoms with Crippen LogP contribution in [-0.2, 0) is 32.6 Å². The largest absolute Gasteiger partial charge is 0.352 e. The van der Waals surface area contributed by atoms with Gasteiger partial charge >= 0.3 is 0 Å². The number of rotatable bonds is 12. The number of halogens is 1. The molecule has 0 bridgehead atoms. The minimum Gasteiger partial charge on any atom is -0.352 e. The summed E-state index contributed by atoms with van der Waals surface area (Å²) in [5.41, 5.74) is 4.07. The van der Waals surface area contributed by atoms with E-state index in [2.05, 4.69) is 21.2 Å². The Labute approximate surface area is 287 Å². The van der Waals surface area contributed by atoms with Crippen LogP contribution in [0.1, 0.15) is 54.4 Å². The Morgan fingerprint density at radius 1 is 0.809 bits per heavy atom. The molecule has 0 spiro atoms. The van der Waals surface area contributed by atoms with Gasteiger partial charge in [0, 0.05) is 23.5 Å². The molecule has 7 nitrogen and oxygen atoms in total. The number of amides is 2. The van der Waals surface area contributed by atoms with Crippen molar-refractivity contribution in [3.05, 3.63) is 130 Å². The second kappa shape index (κ2) is 15.8. The van der Waals surface area contributed by atoms with Crippen molar-refractivity contribution in [3.63, 3.8) is 0 Å². The van der Waals surface area contributed by atoms with Crippen LogP contribution in [0.4, 0.5) is 5.69 Å². The first-order chi connectivity index (χ1) is 22.6. The fraction of sp³-hybridized carbons (Fsp3) is 0.316.